The van der Waals surface area contributed by atoms with E-state index in [1.54, 1.807) is 0 Å². The highest BCUT2D eigenvalue weighted by Crippen LogP contribution is 2.11. The van der Waals surface area contributed by atoms with Gasteiger partial charge in [-0.05, 0) is 57.8 Å². The summed E-state index contributed by atoms with van der Waals surface area (Å²) in [7, 11) is 0. The molecule has 0 aromatic carbocycles. The van der Waals surface area contributed by atoms with Crippen LogP contribution in [0.1, 0.15) is 105 Å². The monoisotopic (exact) mass is 775 g/mol. The molecule has 0 saturated heterocycles. The van der Waals surface area contributed by atoms with Gasteiger partial charge in [0.05, 0.1) is 32.0 Å². The van der Waals surface area contributed by atoms with Gasteiger partial charge in [0.15, 0.2) is 12.6 Å². The van der Waals surface area contributed by atoms with E-state index >= 15 is 0 Å². The Morgan fingerprint density at radius 1 is 0.761 bits per heavy atom. The second-order valence-corrected chi connectivity index (χ2v) is 12.1. The van der Waals surface area contributed by atoms with Crippen LogP contribution in [0.15, 0.2) is 0 Å². The van der Waals surface area contributed by atoms with Crippen LogP contribution < -0.4 is 16.0 Å². The maximum Gasteiger partial charge on any atom is 0.220 e. The highest BCUT2D eigenvalue weighted by atomic mass is 127. The van der Waals surface area contributed by atoms with Gasteiger partial charge in [-0.15, -0.1) is 0 Å². The molecule has 5 N–H and O–H groups in total. The zero-order valence-corrected chi connectivity index (χ0v) is 30.7. The normalized spacial score (nSPS) is 14.7. The molecule has 0 heterocycles. The molecule has 14 heteroatoms. The largest absolute Gasteiger partial charge is 0.396 e. The fourth-order valence-electron chi connectivity index (χ4n) is 4.46. The van der Waals surface area contributed by atoms with E-state index in [2.05, 4.69) is 22.9 Å². The third-order valence-electron chi connectivity index (χ3n) is 7.25. The van der Waals surface area contributed by atoms with Crippen molar-refractivity contribution in [3.63, 3.8) is 0 Å². The SMILES string of the molecule is CCCCCC(CNC(=O)CCCCO[C@@H](C)OC(CC)COI)CNC(=O)CCCCO[C@@H](CNC(C)=O)OC(CO)CCO. The van der Waals surface area contributed by atoms with Gasteiger partial charge in [-0.1, -0.05) is 33.1 Å². The van der Waals surface area contributed by atoms with Crippen molar-refractivity contribution in [2.75, 3.05) is 52.7 Å². The molecule has 0 bridgehead atoms. The molecule has 0 radical (unpaired) electrons. The number of nitrogens with one attached hydrogen (secondary N) is 3. The van der Waals surface area contributed by atoms with Gasteiger partial charge in [-0.3, -0.25) is 14.4 Å². The van der Waals surface area contributed by atoms with Crippen molar-refractivity contribution in [2.45, 2.75) is 130 Å². The van der Waals surface area contributed by atoms with Gasteiger partial charge in [0, 0.05) is 52.7 Å². The molecule has 0 spiro atoms. The van der Waals surface area contributed by atoms with Crippen LogP contribution in [-0.2, 0) is 36.4 Å². The Morgan fingerprint density at radius 2 is 1.39 bits per heavy atom. The van der Waals surface area contributed by atoms with Gasteiger partial charge in [0.2, 0.25) is 17.7 Å². The first kappa shape index (κ1) is 44.9. The summed E-state index contributed by atoms with van der Waals surface area (Å²) in [6.07, 6.45) is 7.05. The number of halogens is 1. The number of hydrogen-bond acceptors (Lipinski definition) is 10. The summed E-state index contributed by atoms with van der Waals surface area (Å²) in [6, 6.07) is 0. The molecule has 0 fully saturated rings. The van der Waals surface area contributed by atoms with Gasteiger partial charge in [0.25, 0.3) is 0 Å². The van der Waals surface area contributed by atoms with Gasteiger partial charge < -0.3 is 48.2 Å². The van der Waals surface area contributed by atoms with Crippen molar-refractivity contribution in [3.8, 4) is 0 Å². The van der Waals surface area contributed by atoms with E-state index in [0.29, 0.717) is 58.6 Å². The summed E-state index contributed by atoms with van der Waals surface area (Å²) in [6.45, 7) is 9.53. The molecule has 0 aliphatic carbocycles. The van der Waals surface area contributed by atoms with E-state index in [-0.39, 0.29) is 62.2 Å². The van der Waals surface area contributed by atoms with Crippen LogP contribution in [0.2, 0.25) is 0 Å². The smallest absolute Gasteiger partial charge is 0.220 e. The summed E-state index contributed by atoms with van der Waals surface area (Å²) in [4.78, 5) is 36.3. The molecule has 0 saturated carbocycles. The van der Waals surface area contributed by atoms with Gasteiger partial charge in [-0.25, -0.2) is 0 Å². The van der Waals surface area contributed by atoms with Crippen LogP contribution in [0.3, 0.4) is 0 Å². The number of aliphatic hydroxyl groups excluding tert-OH is 2. The highest BCUT2D eigenvalue weighted by molar-refractivity contribution is 14.1. The van der Waals surface area contributed by atoms with Gasteiger partial charge >= 0.3 is 0 Å². The maximum absolute atomic E-state index is 12.5. The average molecular weight is 776 g/mol. The Kier molecular flexibility index (Phi) is 30.4. The molecule has 0 rings (SSSR count). The lowest BCUT2D eigenvalue weighted by Crippen LogP contribution is -2.38. The topological polar surface area (TPSA) is 174 Å². The van der Waals surface area contributed by atoms with Crippen molar-refractivity contribution in [3.05, 3.63) is 0 Å². The highest BCUT2D eigenvalue weighted by Gasteiger charge is 2.18. The van der Waals surface area contributed by atoms with Crippen LogP contribution in [0.5, 0.6) is 0 Å². The first-order chi connectivity index (χ1) is 22.2. The minimum Gasteiger partial charge on any atom is -0.396 e. The number of carbonyl (C=O) groups excluding carboxylic acids is 3. The molecule has 0 aliphatic rings. The number of unbranched alkanes of at least 4 members (excludes halogenated alkanes) is 4. The Labute approximate surface area is 290 Å². The summed E-state index contributed by atoms with van der Waals surface area (Å²) in [5, 5.41) is 27.2. The zero-order chi connectivity index (χ0) is 34.4. The standard InChI is InChI=1S/C32H62IN3O10/c1-5-7-8-13-27(20-35-30(40)14-9-11-18-42-26(4)45-28(6-2)24-44-33)21-36-31(41)15-10-12-19-43-32(22-34-25(3)39)46-29(23-38)16-17-37/h26-29,32,37-38H,5-24H2,1-4H3,(H,34,39)(H,35,40)(H,36,41)/t26-,27?,28?,29?,32-/m1/s1. The number of carbonyl (C=O) groups is 3. The van der Waals surface area contributed by atoms with Crippen molar-refractivity contribution < 1.29 is 46.6 Å². The molecule has 13 nitrogen and oxygen atoms in total. The van der Waals surface area contributed by atoms with E-state index < -0.39 is 12.4 Å². The Morgan fingerprint density at radius 3 is 1.91 bits per heavy atom. The van der Waals surface area contributed by atoms with Crippen LogP contribution in [-0.4, -0.2) is 105 Å². The average Bonchev–Trinajstić information content (AvgIpc) is 3.03. The summed E-state index contributed by atoms with van der Waals surface area (Å²) in [5.74, 6) is -0.118. The molecule has 3 amide bonds. The second-order valence-electron chi connectivity index (χ2n) is 11.5. The number of hydrogen-bond donors (Lipinski definition) is 5. The number of aliphatic hydroxyl groups is 2. The molecular formula is C32H62IN3O10. The van der Waals surface area contributed by atoms with Gasteiger partial charge in [-0.2, -0.15) is 0 Å². The molecule has 5 atom stereocenters. The zero-order valence-electron chi connectivity index (χ0n) is 28.6. The van der Waals surface area contributed by atoms with Crippen molar-refractivity contribution in [1.82, 2.24) is 16.0 Å². The minimum absolute atomic E-state index is 0.000524. The lowest BCUT2D eigenvalue weighted by Gasteiger charge is -2.23. The van der Waals surface area contributed by atoms with Crippen LogP contribution in [0.4, 0.5) is 0 Å². The van der Waals surface area contributed by atoms with E-state index in [9.17, 15) is 19.5 Å². The van der Waals surface area contributed by atoms with Crippen LogP contribution in [0, 0.1) is 5.92 Å². The molecule has 0 aromatic heterocycles. The van der Waals surface area contributed by atoms with Gasteiger partial charge in [0.1, 0.15) is 23.0 Å². The maximum atomic E-state index is 12.5. The molecule has 272 valence electrons. The van der Waals surface area contributed by atoms with Crippen LogP contribution >= 0.6 is 23.0 Å². The Balaban J connectivity index is 4.37. The predicted octanol–water partition coefficient (Wildman–Crippen LogP) is 3.52. The first-order valence-corrected chi connectivity index (χ1v) is 17.8. The number of ether oxygens (including phenoxy) is 4. The van der Waals surface area contributed by atoms with Crippen molar-refractivity contribution in [2.24, 2.45) is 5.92 Å². The lowest BCUT2D eigenvalue weighted by atomic mass is 10.0. The third kappa shape index (κ3) is 26.9. The molecule has 0 aromatic rings. The molecule has 0 aliphatic heterocycles. The van der Waals surface area contributed by atoms with E-state index in [1.807, 2.05) is 36.9 Å². The van der Waals surface area contributed by atoms with Crippen molar-refractivity contribution in [1.29, 1.82) is 0 Å². The van der Waals surface area contributed by atoms with E-state index in [4.69, 9.17) is 27.1 Å². The summed E-state index contributed by atoms with van der Waals surface area (Å²) < 4.78 is 28.0. The molecule has 3 unspecified atom stereocenters. The third-order valence-corrected chi connectivity index (χ3v) is 7.61. The predicted molar refractivity (Wildman–Crippen MR) is 184 cm³/mol. The fourth-order valence-corrected chi connectivity index (χ4v) is 4.86. The van der Waals surface area contributed by atoms with Crippen molar-refractivity contribution >= 4 is 40.7 Å². The first-order valence-electron chi connectivity index (χ1n) is 17.0. The number of rotatable bonds is 32. The number of amides is 3. The Hall–Kier alpha value is -1.14. The van der Waals surface area contributed by atoms with E-state index in [0.717, 1.165) is 44.9 Å². The molecular weight excluding hydrogens is 713 g/mol. The van der Waals surface area contributed by atoms with E-state index in [1.165, 1.54) is 6.92 Å². The summed E-state index contributed by atoms with van der Waals surface area (Å²) in [5.41, 5.74) is 0. The Bertz CT molecular complexity index is 768. The second kappa shape index (κ2) is 31.1. The molecule has 46 heavy (non-hydrogen) atoms. The van der Waals surface area contributed by atoms with Crippen LogP contribution in [0.25, 0.3) is 0 Å². The quantitative estimate of drug-likeness (QED) is 0.0387. The lowest BCUT2D eigenvalue weighted by molar-refractivity contribution is -0.180. The fraction of sp³-hybridized carbons (Fsp3) is 0.906. The summed E-state index contributed by atoms with van der Waals surface area (Å²) >= 11 is 1.86. The minimum atomic E-state index is -0.767.